The van der Waals surface area contributed by atoms with Crippen molar-refractivity contribution in [3.63, 3.8) is 0 Å². The molecule has 3 N–H and O–H groups in total. The van der Waals surface area contributed by atoms with Crippen molar-refractivity contribution in [1.82, 2.24) is 0 Å². The number of amides is 1. The Hall–Kier alpha value is -2.50. The molecule has 2 aromatic rings. The second-order valence-electron chi connectivity index (χ2n) is 7.85. The van der Waals surface area contributed by atoms with E-state index in [-0.39, 0.29) is 11.7 Å². The molecule has 0 bridgehead atoms. The number of nitrogens with one attached hydrogen (secondary N) is 1. The van der Waals surface area contributed by atoms with E-state index in [1.807, 2.05) is 6.07 Å². The molecule has 1 atom stereocenters. The number of benzene rings is 2. The Morgan fingerprint density at radius 1 is 1.13 bits per heavy atom. The number of nitrogens with two attached hydrogens (primary N) is 1. The van der Waals surface area contributed by atoms with E-state index >= 15 is 0 Å². The van der Waals surface area contributed by atoms with Crippen LogP contribution >= 0.6 is 23.2 Å². The van der Waals surface area contributed by atoms with E-state index in [0.717, 1.165) is 36.9 Å². The molecule has 0 saturated heterocycles. The molecule has 1 heterocycles. The van der Waals surface area contributed by atoms with Gasteiger partial charge in [-0.15, -0.1) is 0 Å². The summed E-state index contributed by atoms with van der Waals surface area (Å²) < 4.78 is 5.50. The average Bonchev–Trinajstić information content (AvgIpc) is 3.62. The highest BCUT2D eigenvalue weighted by molar-refractivity contribution is 6.31. The molecule has 1 aliphatic heterocycles. The van der Waals surface area contributed by atoms with Gasteiger partial charge in [-0.05, 0) is 68.2 Å². The Kier molecular flexibility index (Phi) is 5.51. The third-order valence-corrected chi connectivity index (χ3v) is 6.09. The summed E-state index contributed by atoms with van der Waals surface area (Å²) in [6.45, 7) is 3.83. The molecule has 5 nitrogen and oxygen atoms in total. The van der Waals surface area contributed by atoms with Crippen LogP contribution in [0.2, 0.25) is 10.0 Å². The van der Waals surface area contributed by atoms with Crippen LogP contribution < -0.4 is 11.1 Å². The maximum Gasteiger partial charge on any atom is 0.412 e. The minimum atomic E-state index is -0.706. The lowest BCUT2D eigenvalue weighted by atomic mass is 9.86. The predicted octanol–water partition coefficient (Wildman–Crippen LogP) is 6.21. The number of rotatable bonds is 4. The number of nitrogen functional groups attached to an aromatic ring is 1. The smallest absolute Gasteiger partial charge is 0.412 e. The summed E-state index contributed by atoms with van der Waals surface area (Å²) in [5.41, 5.74) is 7.74. The minimum Gasteiger partial charge on any atom is -0.433 e. The lowest BCUT2D eigenvalue weighted by Gasteiger charge is -2.36. The number of fused-ring (bicyclic) bond motifs is 1. The normalized spacial score (nSPS) is 22.0. The summed E-state index contributed by atoms with van der Waals surface area (Å²) in [4.78, 5) is 23.2. The van der Waals surface area contributed by atoms with E-state index in [1.54, 1.807) is 36.4 Å². The van der Waals surface area contributed by atoms with Crippen LogP contribution in [-0.2, 0) is 10.3 Å². The van der Waals surface area contributed by atoms with E-state index in [2.05, 4.69) is 11.9 Å². The number of carbonyl (C=O) groups excluding carboxylic acids is 2. The van der Waals surface area contributed by atoms with Crippen molar-refractivity contribution in [3.8, 4) is 0 Å². The summed E-state index contributed by atoms with van der Waals surface area (Å²) in [5, 5.41) is 3.89. The van der Waals surface area contributed by atoms with Gasteiger partial charge in [-0.2, -0.15) is 0 Å². The summed E-state index contributed by atoms with van der Waals surface area (Å²) in [7, 11) is 0. The molecule has 2 aliphatic carbocycles. The van der Waals surface area contributed by atoms with Crippen LogP contribution in [0.3, 0.4) is 0 Å². The van der Waals surface area contributed by atoms with Gasteiger partial charge in [0.2, 0.25) is 0 Å². The molecule has 3 aliphatic rings. The molecular formula is C23H22Cl2N2O3. The Balaban J connectivity index is 0.000000151. The van der Waals surface area contributed by atoms with Crippen molar-refractivity contribution >= 4 is 46.5 Å². The number of halogens is 2. The second-order valence-corrected chi connectivity index (χ2v) is 8.72. The Bertz CT molecular complexity index is 1030. The number of hydrogen-bond acceptors (Lipinski definition) is 4. The van der Waals surface area contributed by atoms with E-state index in [9.17, 15) is 9.59 Å². The lowest BCUT2D eigenvalue weighted by molar-refractivity contribution is 0.0330. The van der Waals surface area contributed by atoms with Crippen LogP contribution in [0.1, 0.15) is 41.6 Å². The summed E-state index contributed by atoms with van der Waals surface area (Å²) >= 11 is 11.8. The summed E-state index contributed by atoms with van der Waals surface area (Å²) in [6.07, 6.45) is 5.37. The van der Waals surface area contributed by atoms with Gasteiger partial charge in [0.15, 0.2) is 11.4 Å². The van der Waals surface area contributed by atoms with Crippen LogP contribution in [0.5, 0.6) is 0 Å². The molecular weight excluding hydrogens is 423 g/mol. The molecule has 156 valence electrons. The number of hydrogen-bond donors (Lipinski definition) is 2. The van der Waals surface area contributed by atoms with Gasteiger partial charge in [-0.1, -0.05) is 29.8 Å². The molecule has 2 saturated carbocycles. The van der Waals surface area contributed by atoms with Crippen molar-refractivity contribution in [3.05, 3.63) is 70.2 Å². The Morgan fingerprint density at radius 2 is 1.80 bits per heavy atom. The van der Waals surface area contributed by atoms with E-state index < -0.39 is 11.7 Å². The highest BCUT2D eigenvalue weighted by Gasteiger charge is 2.51. The van der Waals surface area contributed by atoms with Gasteiger partial charge >= 0.3 is 6.09 Å². The molecule has 2 fully saturated rings. The van der Waals surface area contributed by atoms with E-state index in [0.29, 0.717) is 27.2 Å². The summed E-state index contributed by atoms with van der Waals surface area (Å²) in [6, 6.07) is 10.4. The molecule has 2 aromatic carbocycles. The molecule has 0 spiro atoms. The first-order chi connectivity index (χ1) is 14.3. The zero-order valence-corrected chi connectivity index (χ0v) is 17.8. The molecule has 0 radical (unpaired) electrons. The quantitative estimate of drug-likeness (QED) is 0.333. The number of anilines is 2. The van der Waals surface area contributed by atoms with Crippen LogP contribution in [0, 0.1) is 11.8 Å². The number of cyclic esters (lactones) is 1. The largest absolute Gasteiger partial charge is 0.433 e. The number of Topliss-reactive ketones (excluding diaryl/α,β-unsaturated/α-hetero) is 1. The molecule has 7 heteroatoms. The third-order valence-electron chi connectivity index (χ3n) is 5.62. The molecule has 1 unspecified atom stereocenters. The van der Waals surface area contributed by atoms with Crippen LogP contribution in [0.25, 0.3) is 0 Å². The maximum atomic E-state index is 11.6. The number of carbonyl (C=O) groups is 2. The molecule has 5 rings (SSSR count). The van der Waals surface area contributed by atoms with Gasteiger partial charge in [0, 0.05) is 38.7 Å². The topological polar surface area (TPSA) is 81.4 Å². The first-order valence-electron chi connectivity index (χ1n) is 9.87. The van der Waals surface area contributed by atoms with Crippen molar-refractivity contribution in [2.75, 3.05) is 11.1 Å². The highest BCUT2D eigenvalue weighted by Crippen LogP contribution is 2.53. The molecule has 0 aromatic heterocycles. The van der Waals surface area contributed by atoms with Crippen molar-refractivity contribution < 1.29 is 14.3 Å². The first kappa shape index (κ1) is 20.8. The average molecular weight is 445 g/mol. The zero-order valence-electron chi connectivity index (χ0n) is 16.3. The lowest BCUT2D eigenvalue weighted by Crippen LogP contribution is -2.39. The first-order valence-corrected chi connectivity index (χ1v) is 10.6. The van der Waals surface area contributed by atoms with E-state index in [4.69, 9.17) is 33.7 Å². The third kappa shape index (κ3) is 4.05. The van der Waals surface area contributed by atoms with Gasteiger partial charge in [-0.25, -0.2) is 4.79 Å². The van der Waals surface area contributed by atoms with Crippen molar-refractivity contribution in [1.29, 1.82) is 0 Å². The zero-order chi connectivity index (χ0) is 21.5. The molecule has 1 amide bonds. The summed E-state index contributed by atoms with van der Waals surface area (Å²) in [5.74, 6) is 0.657. The SMILES string of the molecule is C=CC1(C2CC2)OC(=O)Nc2ccc(Cl)cc21.Nc1ccc(Cl)cc1C(=O)C1CC1. The minimum absolute atomic E-state index is 0.139. The van der Waals surface area contributed by atoms with Gasteiger partial charge in [0.1, 0.15) is 0 Å². The van der Waals surface area contributed by atoms with E-state index in [1.165, 1.54) is 0 Å². The monoisotopic (exact) mass is 444 g/mol. The second kappa shape index (κ2) is 7.97. The fraction of sp³-hybridized carbons (Fsp3) is 0.304. The van der Waals surface area contributed by atoms with Crippen molar-refractivity contribution in [2.45, 2.75) is 31.3 Å². The van der Waals surface area contributed by atoms with Crippen LogP contribution in [-0.4, -0.2) is 11.9 Å². The standard InChI is InChI=1S/C13H12ClNO2.C10H10ClNO/c1-2-13(8-3-4-8)10-7-9(14)5-6-11(10)15-12(16)17-13;11-7-3-4-9(12)8(5-7)10(13)6-1-2-6/h2,5-8H,1,3-4H2,(H,15,16);3-6H,1-2,12H2. The molecule has 30 heavy (non-hydrogen) atoms. The fourth-order valence-corrected chi connectivity index (χ4v) is 4.08. The van der Waals surface area contributed by atoms with Gasteiger partial charge in [-0.3, -0.25) is 10.1 Å². The highest BCUT2D eigenvalue weighted by atomic mass is 35.5. The number of ketones is 1. The van der Waals surface area contributed by atoms with Crippen LogP contribution in [0.15, 0.2) is 49.1 Å². The fourth-order valence-electron chi connectivity index (χ4n) is 3.73. The van der Waals surface area contributed by atoms with Gasteiger partial charge in [0.25, 0.3) is 0 Å². The van der Waals surface area contributed by atoms with Crippen LogP contribution in [0.4, 0.5) is 16.2 Å². The maximum absolute atomic E-state index is 11.6. The van der Waals surface area contributed by atoms with Crippen molar-refractivity contribution in [2.24, 2.45) is 11.8 Å². The Labute approximate surface area is 185 Å². The predicted molar refractivity (Wildman–Crippen MR) is 119 cm³/mol. The van der Waals surface area contributed by atoms with Gasteiger partial charge in [0.05, 0.1) is 5.69 Å². The Morgan fingerprint density at radius 3 is 2.43 bits per heavy atom. The number of ether oxygens (including phenoxy) is 1. The van der Waals surface area contributed by atoms with Gasteiger partial charge < -0.3 is 10.5 Å².